The molecule has 144 valence electrons. The van der Waals surface area contributed by atoms with E-state index in [0.29, 0.717) is 28.9 Å². The molecule has 0 N–H and O–H groups in total. The van der Waals surface area contributed by atoms with Crippen molar-refractivity contribution >= 4 is 21.9 Å². The molecule has 1 saturated carbocycles. The fourth-order valence-electron chi connectivity index (χ4n) is 4.63. The molecule has 1 aromatic heterocycles. The Morgan fingerprint density at radius 3 is 2.41 bits per heavy atom. The van der Waals surface area contributed by atoms with E-state index in [1.54, 1.807) is 19.1 Å². The highest BCUT2D eigenvalue weighted by atomic mass is 19.1. The molecule has 0 radical (unpaired) electrons. The first-order valence-corrected chi connectivity index (χ1v) is 10.1. The number of rotatable bonds is 6. The van der Waals surface area contributed by atoms with Crippen molar-refractivity contribution in [2.24, 2.45) is 11.8 Å². The average Bonchev–Trinajstić information content (AvgIpc) is 3.25. The summed E-state index contributed by atoms with van der Waals surface area (Å²) in [6.07, 6.45) is 6.80. The normalized spacial score (nSPS) is 20.0. The van der Waals surface area contributed by atoms with Gasteiger partial charge in [-0.3, -0.25) is 0 Å². The second kappa shape index (κ2) is 7.49. The van der Waals surface area contributed by atoms with Crippen molar-refractivity contribution in [1.29, 1.82) is 0 Å². The zero-order valence-electron chi connectivity index (χ0n) is 16.0. The van der Waals surface area contributed by atoms with Gasteiger partial charge in [-0.05, 0) is 61.8 Å². The van der Waals surface area contributed by atoms with Gasteiger partial charge in [0, 0.05) is 10.8 Å². The Morgan fingerprint density at radius 1 is 0.963 bits per heavy atom. The number of ether oxygens (including phenoxy) is 1. The van der Waals surface area contributed by atoms with Crippen molar-refractivity contribution in [3.05, 3.63) is 41.5 Å². The van der Waals surface area contributed by atoms with Gasteiger partial charge in [0.15, 0.2) is 22.7 Å². The number of benzene rings is 2. The molecular formula is C23H26F2O2. The van der Waals surface area contributed by atoms with Crippen LogP contribution >= 0.6 is 0 Å². The van der Waals surface area contributed by atoms with E-state index in [9.17, 15) is 4.39 Å². The van der Waals surface area contributed by atoms with Crippen LogP contribution in [0, 0.1) is 23.5 Å². The molecule has 0 bridgehead atoms. The molecule has 0 saturated heterocycles. The fourth-order valence-corrected chi connectivity index (χ4v) is 4.63. The maximum absolute atomic E-state index is 15.1. The van der Waals surface area contributed by atoms with Gasteiger partial charge < -0.3 is 9.15 Å². The van der Waals surface area contributed by atoms with Gasteiger partial charge in [-0.2, -0.15) is 4.39 Å². The second-order valence-electron chi connectivity index (χ2n) is 7.74. The van der Waals surface area contributed by atoms with E-state index >= 15 is 4.39 Å². The minimum Gasteiger partial charge on any atom is -0.491 e. The molecular weight excluding hydrogens is 346 g/mol. The van der Waals surface area contributed by atoms with Crippen LogP contribution in [0.15, 0.2) is 28.7 Å². The Bertz CT molecular complexity index is 960. The summed E-state index contributed by atoms with van der Waals surface area (Å²) < 4.78 is 40.7. The Balaban J connectivity index is 1.67. The van der Waals surface area contributed by atoms with E-state index in [1.165, 1.54) is 25.7 Å². The summed E-state index contributed by atoms with van der Waals surface area (Å²) in [6.45, 7) is 4.38. The van der Waals surface area contributed by atoms with E-state index in [4.69, 9.17) is 9.15 Å². The molecule has 2 atom stereocenters. The fraction of sp³-hybridized carbons (Fsp3) is 0.478. The highest BCUT2D eigenvalue weighted by molar-refractivity contribution is 6.05. The van der Waals surface area contributed by atoms with Crippen molar-refractivity contribution in [3.63, 3.8) is 0 Å². The molecule has 3 aromatic rings. The average molecular weight is 372 g/mol. The van der Waals surface area contributed by atoms with Gasteiger partial charge in [-0.15, -0.1) is 0 Å². The maximum Gasteiger partial charge on any atom is 0.208 e. The second-order valence-corrected chi connectivity index (χ2v) is 7.74. The largest absolute Gasteiger partial charge is 0.491 e. The minimum absolute atomic E-state index is 0.0656. The molecule has 1 heterocycles. The molecule has 0 spiro atoms. The van der Waals surface area contributed by atoms with E-state index in [1.807, 2.05) is 12.1 Å². The molecule has 2 aromatic carbocycles. The van der Waals surface area contributed by atoms with Crippen LogP contribution in [0.1, 0.15) is 51.5 Å². The van der Waals surface area contributed by atoms with E-state index < -0.39 is 5.82 Å². The van der Waals surface area contributed by atoms with Crippen LogP contribution in [0.25, 0.3) is 21.9 Å². The summed E-state index contributed by atoms with van der Waals surface area (Å²) in [5.41, 5.74) is 0.892. The summed E-state index contributed by atoms with van der Waals surface area (Å²) in [4.78, 5) is 0. The Morgan fingerprint density at radius 2 is 1.67 bits per heavy atom. The van der Waals surface area contributed by atoms with Gasteiger partial charge in [0.25, 0.3) is 0 Å². The molecule has 4 heteroatoms. The van der Waals surface area contributed by atoms with Crippen molar-refractivity contribution in [2.45, 2.75) is 52.4 Å². The highest BCUT2D eigenvalue weighted by Gasteiger charge is 2.26. The first-order valence-electron chi connectivity index (χ1n) is 10.1. The summed E-state index contributed by atoms with van der Waals surface area (Å²) in [6, 6.07) is 7.01. The number of hydrogen-bond acceptors (Lipinski definition) is 2. The Kier molecular flexibility index (Phi) is 5.07. The van der Waals surface area contributed by atoms with Crippen LogP contribution in [0.3, 0.4) is 0 Å². The predicted octanol–water partition coefficient (Wildman–Crippen LogP) is 7.02. The summed E-state index contributed by atoms with van der Waals surface area (Å²) in [7, 11) is 0. The predicted molar refractivity (Wildman–Crippen MR) is 104 cm³/mol. The lowest BCUT2D eigenvalue weighted by molar-refractivity contribution is 0.321. The number of halogens is 2. The van der Waals surface area contributed by atoms with Gasteiger partial charge in [0.1, 0.15) is 0 Å². The third kappa shape index (κ3) is 3.30. The number of fused-ring (bicyclic) bond motifs is 3. The van der Waals surface area contributed by atoms with Gasteiger partial charge in [0.05, 0.1) is 6.61 Å². The van der Waals surface area contributed by atoms with Gasteiger partial charge in [0.2, 0.25) is 5.82 Å². The lowest BCUT2D eigenvalue weighted by atomic mass is 9.94. The third-order valence-corrected chi connectivity index (χ3v) is 5.89. The topological polar surface area (TPSA) is 22.4 Å². The van der Waals surface area contributed by atoms with Crippen LogP contribution in [0.4, 0.5) is 8.78 Å². The van der Waals surface area contributed by atoms with Crippen LogP contribution in [-0.4, -0.2) is 6.61 Å². The zero-order chi connectivity index (χ0) is 19.0. The lowest BCUT2D eigenvalue weighted by Gasteiger charge is -2.11. The molecule has 1 aliphatic carbocycles. The monoisotopic (exact) mass is 372 g/mol. The molecule has 2 unspecified atom stereocenters. The standard InChI is InChI=1S/C23H26F2O2/c1-3-5-14-6-7-15(12-14)13-16-8-9-17-18-10-11-19(26-4-2)21(25)23(18)27-22(17)20(16)24/h8-11,14-15H,3-7,12-13H2,1-2H3. The molecule has 27 heavy (non-hydrogen) atoms. The van der Waals surface area contributed by atoms with Crippen LogP contribution in [-0.2, 0) is 6.42 Å². The van der Waals surface area contributed by atoms with E-state index in [-0.39, 0.29) is 22.7 Å². The Hall–Kier alpha value is -2.10. The molecule has 1 fully saturated rings. The summed E-state index contributed by atoms with van der Waals surface area (Å²) >= 11 is 0. The quantitative estimate of drug-likeness (QED) is 0.464. The van der Waals surface area contributed by atoms with Crippen molar-refractivity contribution in [2.75, 3.05) is 6.61 Å². The SMILES string of the molecule is CCCC1CCC(Cc2ccc3c(oc4c(F)c(OCC)ccc43)c2F)C1. The first kappa shape index (κ1) is 18.3. The van der Waals surface area contributed by atoms with Gasteiger partial charge in [-0.1, -0.05) is 32.3 Å². The van der Waals surface area contributed by atoms with Crippen molar-refractivity contribution < 1.29 is 17.9 Å². The zero-order valence-corrected chi connectivity index (χ0v) is 16.0. The molecule has 2 nitrogen and oxygen atoms in total. The third-order valence-electron chi connectivity index (χ3n) is 5.89. The molecule has 4 rings (SSSR count). The van der Waals surface area contributed by atoms with Gasteiger partial charge in [-0.25, -0.2) is 4.39 Å². The summed E-state index contributed by atoms with van der Waals surface area (Å²) in [5.74, 6) is 0.533. The van der Waals surface area contributed by atoms with Crippen molar-refractivity contribution in [3.8, 4) is 5.75 Å². The molecule has 0 amide bonds. The van der Waals surface area contributed by atoms with Crippen LogP contribution < -0.4 is 4.74 Å². The van der Waals surface area contributed by atoms with Gasteiger partial charge >= 0.3 is 0 Å². The number of hydrogen-bond donors (Lipinski definition) is 0. The minimum atomic E-state index is -0.565. The Labute approximate surface area is 158 Å². The number of furan rings is 1. The first-order chi connectivity index (χ1) is 13.1. The molecule has 1 aliphatic rings. The smallest absolute Gasteiger partial charge is 0.208 e. The highest BCUT2D eigenvalue weighted by Crippen LogP contribution is 2.39. The van der Waals surface area contributed by atoms with E-state index in [0.717, 1.165) is 18.8 Å². The summed E-state index contributed by atoms with van der Waals surface area (Å²) in [5, 5.41) is 1.20. The van der Waals surface area contributed by atoms with Crippen LogP contribution in [0.2, 0.25) is 0 Å². The maximum atomic E-state index is 15.1. The molecule has 0 aliphatic heterocycles. The van der Waals surface area contributed by atoms with E-state index in [2.05, 4.69) is 6.92 Å². The lowest BCUT2D eigenvalue weighted by Crippen LogP contribution is -2.03. The van der Waals surface area contributed by atoms with Crippen LogP contribution in [0.5, 0.6) is 5.75 Å². The van der Waals surface area contributed by atoms with Crippen molar-refractivity contribution in [1.82, 2.24) is 0 Å².